The Morgan fingerprint density at radius 2 is 2.29 bits per heavy atom. The molecule has 0 unspecified atom stereocenters. The lowest BCUT2D eigenvalue weighted by atomic mass is 9.65. The van der Waals surface area contributed by atoms with Crippen LogP contribution in [-0.2, 0) is 10.2 Å². The van der Waals surface area contributed by atoms with Crippen molar-refractivity contribution in [1.29, 1.82) is 0 Å². The Hall–Kier alpha value is -1.29. The average molecular weight is 237 g/mol. The largest absolute Gasteiger partial charge is 0.465 e. The molecule has 0 atom stereocenters. The molecule has 1 aliphatic rings. The first-order valence-electron chi connectivity index (χ1n) is 6.02. The van der Waals surface area contributed by atoms with Crippen molar-refractivity contribution in [2.24, 2.45) is 5.73 Å². The van der Waals surface area contributed by atoms with Gasteiger partial charge in [0.1, 0.15) is 17.1 Å². The van der Waals surface area contributed by atoms with E-state index in [2.05, 4.69) is 0 Å². The molecular formula is C13H19NO3. The molecule has 0 aliphatic heterocycles. The van der Waals surface area contributed by atoms with Gasteiger partial charge < -0.3 is 14.9 Å². The van der Waals surface area contributed by atoms with Crippen molar-refractivity contribution in [2.45, 2.75) is 38.0 Å². The molecule has 0 aromatic carbocycles. The van der Waals surface area contributed by atoms with Crippen LogP contribution < -0.4 is 5.73 Å². The monoisotopic (exact) mass is 237 g/mol. The standard InChI is InChI=1S/C13H19NO3/c1-9-10(12(15)16-2)8-11(17-9)13(6-7-14)4-3-5-13/h8H,3-7,14H2,1-2H3. The maximum absolute atomic E-state index is 11.5. The lowest BCUT2D eigenvalue weighted by Crippen LogP contribution is -2.36. The Morgan fingerprint density at radius 3 is 2.76 bits per heavy atom. The van der Waals surface area contributed by atoms with Crippen LogP contribution >= 0.6 is 0 Å². The second kappa shape index (κ2) is 4.53. The minimum absolute atomic E-state index is 0.0613. The molecule has 1 aromatic heterocycles. The Kier molecular flexibility index (Phi) is 3.24. The van der Waals surface area contributed by atoms with Crippen LogP contribution in [0.1, 0.15) is 47.6 Å². The lowest BCUT2D eigenvalue weighted by Gasteiger charge is -2.40. The van der Waals surface area contributed by atoms with E-state index in [1.807, 2.05) is 6.07 Å². The highest BCUT2D eigenvalue weighted by molar-refractivity contribution is 5.90. The number of esters is 1. The zero-order valence-electron chi connectivity index (χ0n) is 10.4. The molecule has 0 radical (unpaired) electrons. The second-order valence-corrected chi connectivity index (χ2v) is 4.74. The van der Waals surface area contributed by atoms with Crippen molar-refractivity contribution >= 4 is 5.97 Å². The molecule has 4 nitrogen and oxygen atoms in total. The summed E-state index contributed by atoms with van der Waals surface area (Å²) in [6.07, 6.45) is 4.31. The normalized spacial score (nSPS) is 17.6. The number of carbonyl (C=O) groups excluding carboxylic acids is 1. The number of aryl methyl sites for hydroxylation is 1. The highest BCUT2D eigenvalue weighted by Gasteiger charge is 2.41. The molecule has 4 heteroatoms. The van der Waals surface area contributed by atoms with Crippen LogP contribution in [-0.4, -0.2) is 19.6 Å². The number of ether oxygens (including phenoxy) is 1. The van der Waals surface area contributed by atoms with Gasteiger partial charge in [0.25, 0.3) is 0 Å². The molecule has 2 rings (SSSR count). The van der Waals surface area contributed by atoms with E-state index in [-0.39, 0.29) is 11.4 Å². The second-order valence-electron chi connectivity index (χ2n) is 4.74. The highest BCUT2D eigenvalue weighted by atomic mass is 16.5. The molecule has 94 valence electrons. The highest BCUT2D eigenvalue weighted by Crippen LogP contribution is 2.47. The van der Waals surface area contributed by atoms with Crippen LogP contribution in [0.2, 0.25) is 0 Å². The summed E-state index contributed by atoms with van der Waals surface area (Å²) in [5.74, 6) is 1.20. The predicted octanol–water partition coefficient (Wildman–Crippen LogP) is 2.15. The quantitative estimate of drug-likeness (QED) is 0.815. The Bertz CT molecular complexity index is 418. The van der Waals surface area contributed by atoms with Crippen LogP contribution in [0.5, 0.6) is 0 Å². The molecular weight excluding hydrogens is 218 g/mol. The smallest absolute Gasteiger partial charge is 0.341 e. The van der Waals surface area contributed by atoms with Gasteiger partial charge in [-0.05, 0) is 38.8 Å². The fourth-order valence-electron chi connectivity index (χ4n) is 2.56. The van der Waals surface area contributed by atoms with Gasteiger partial charge >= 0.3 is 5.97 Å². The summed E-state index contributed by atoms with van der Waals surface area (Å²) < 4.78 is 10.5. The molecule has 0 saturated heterocycles. The zero-order chi connectivity index (χ0) is 12.5. The SMILES string of the molecule is COC(=O)c1cc(C2(CCN)CCC2)oc1C. The van der Waals surface area contributed by atoms with Crippen LogP contribution in [0.25, 0.3) is 0 Å². The van der Waals surface area contributed by atoms with Crippen molar-refractivity contribution < 1.29 is 13.9 Å². The molecule has 0 bridgehead atoms. The third-order valence-corrected chi connectivity index (χ3v) is 3.78. The van der Waals surface area contributed by atoms with Crippen LogP contribution in [0.3, 0.4) is 0 Å². The van der Waals surface area contributed by atoms with Crippen LogP contribution in [0, 0.1) is 6.92 Å². The van der Waals surface area contributed by atoms with Gasteiger partial charge in [-0.25, -0.2) is 4.79 Å². The molecule has 0 amide bonds. The fraction of sp³-hybridized carbons (Fsp3) is 0.615. The van der Waals surface area contributed by atoms with Crippen LogP contribution in [0.4, 0.5) is 0 Å². The third-order valence-electron chi connectivity index (χ3n) is 3.78. The summed E-state index contributed by atoms with van der Waals surface area (Å²) >= 11 is 0. The minimum Gasteiger partial charge on any atom is -0.465 e. The number of furan rings is 1. The zero-order valence-corrected chi connectivity index (χ0v) is 10.4. The maximum Gasteiger partial charge on any atom is 0.341 e. The van der Waals surface area contributed by atoms with E-state index in [1.54, 1.807) is 6.92 Å². The molecule has 1 fully saturated rings. The number of methoxy groups -OCH3 is 1. The third kappa shape index (κ3) is 1.97. The molecule has 1 aromatic rings. The van der Waals surface area contributed by atoms with Gasteiger partial charge in [0.2, 0.25) is 0 Å². The average Bonchev–Trinajstić information content (AvgIpc) is 2.65. The lowest BCUT2D eigenvalue weighted by molar-refractivity contribution is 0.0599. The molecule has 17 heavy (non-hydrogen) atoms. The Morgan fingerprint density at radius 1 is 1.59 bits per heavy atom. The van der Waals surface area contributed by atoms with E-state index < -0.39 is 0 Å². The summed E-state index contributed by atoms with van der Waals surface area (Å²) in [6, 6.07) is 1.83. The van der Waals surface area contributed by atoms with E-state index >= 15 is 0 Å². The van der Waals surface area contributed by atoms with Crippen molar-refractivity contribution in [3.63, 3.8) is 0 Å². The number of rotatable bonds is 4. The topological polar surface area (TPSA) is 65.5 Å². The van der Waals surface area contributed by atoms with Gasteiger partial charge in [0, 0.05) is 5.41 Å². The van der Waals surface area contributed by atoms with Crippen molar-refractivity contribution in [3.05, 3.63) is 23.2 Å². The first-order chi connectivity index (χ1) is 8.13. The van der Waals surface area contributed by atoms with E-state index in [9.17, 15) is 4.79 Å². The maximum atomic E-state index is 11.5. The summed E-state index contributed by atoms with van der Waals surface area (Å²) in [5.41, 5.74) is 6.25. The minimum atomic E-state index is -0.334. The van der Waals surface area contributed by atoms with Crippen molar-refractivity contribution in [2.75, 3.05) is 13.7 Å². The Balaban J connectivity index is 2.30. The predicted molar refractivity (Wildman–Crippen MR) is 64.0 cm³/mol. The number of hydrogen-bond donors (Lipinski definition) is 1. The van der Waals surface area contributed by atoms with Gasteiger partial charge in [-0.1, -0.05) is 6.42 Å². The summed E-state index contributed by atoms with van der Waals surface area (Å²) in [6.45, 7) is 2.44. The first kappa shape index (κ1) is 12.2. The van der Waals surface area contributed by atoms with E-state index in [1.165, 1.54) is 13.5 Å². The number of nitrogens with two attached hydrogens (primary N) is 1. The molecule has 1 aliphatic carbocycles. The number of carbonyl (C=O) groups is 1. The van der Waals surface area contributed by atoms with Gasteiger partial charge in [-0.2, -0.15) is 0 Å². The van der Waals surface area contributed by atoms with Crippen molar-refractivity contribution in [3.8, 4) is 0 Å². The molecule has 0 spiro atoms. The van der Waals surface area contributed by atoms with E-state index in [0.717, 1.165) is 25.0 Å². The first-order valence-corrected chi connectivity index (χ1v) is 6.02. The molecule has 1 saturated carbocycles. The van der Waals surface area contributed by atoms with Crippen LogP contribution in [0.15, 0.2) is 10.5 Å². The fourth-order valence-corrected chi connectivity index (χ4v) is 2.56. The molecule has 1 heterocycles. The van der Waals surface area contributed by atoms with Crippen molar-refractivity contribution in [1.82, 2.24) is 0 Å². The summed E-state index contributed by atoms with van der Waals surface area (Å²) in [5, 5.41) is 0. The Labute approximate surface area is 101 Å². The number of hydrogen-bond acceptors (Lipinski definition) is 4. The van der Waals surface area contributed by atoms with Gasteiger partial charge in [0.05, 0.1) is 7.11 Å². The van der Waals surface area contributed by atoms with E-state index in [0.29, 0.717) is 17.9 Å². The van der Waals surface area contributed by atoms with Gasteiger partial charge in [-0.15, -0.1) is 0 Å². The summed E-state index contributed by atoms with van der Waals surface area (Å²) in [4.78, 5) is 11.5. The van der Waals surface area contributed by atoms with E-state index in [4.69, 9.17) is 14.9 Å². The molecule has 2 N–H and O–H groups in total. The van der Waals surface area contributed by atoms with Gasteiger partial charge in [-0.3, -0.25) is 0 Å². The van der Waals surface area contributed by atoms with Gasteiger partial charge in [0.15, 0.2) is 0 Å². The summed E-state index contributed by atoms with van der Waals surface area (Å²) in [7, 11) is 1.38.